The highest BCUT2D eigenvalue weighted by Gasteiger charge is 2.41. The maximum atomic E-state index is 12.1. The number of carbonyl (C=O) groups excluding carboxylic acids is 2. The van der Waals surface area contributed by atoms with Gasteiger partial charge < -0.3 is 9.64 Å². The maximum absolute atomic E-state index is 12.1. The van der Waals surface area contributed by atoms with Crippen molar-refractivity contribution in [3.05, 3.63) is 12.2 Å². The summed E-state index contributed by atoms with van der Waals surface area (Å²) in [4.78, 5) is 25.8. The summed E-state index contributed by atoms with van der Waals surface area (Å²) in [6.45, 7) is 5.05. The van der Waals surface area contributed by atoms with Crippen LogP contribution in [-0.4, -0.2) is 36.0 Å². The van der Waals surface area contributed by atoms with Crippen molar-refractivity contribution >= 4 is 11.9 Å². The van der Waals surface area contributed by atoms with Gasteiger partial charge in [-0.25, -0.2) is 0 Å². The van der Waals surface area contributed by atoms with Crippen molar-refractivity contribution in [1.29, 1.82) is 0 Å². The standard InChI is InChI=1S/C16H25NO3/c1-16(2,17-10-5-4-9-14(17)18)13-8-6-7-12(11-13)15(19)20-3/h4,9,12-13H,5-8,10-11H2,1-3H3/t12-,13+/m1/s1. The van der Waals surface area contributed by atoms with Gasteiger partial charge in [0.05, 0.1) is 13.0 Å². The molecule has 1 saturated carbocycles. The van der Waals surface area contributed by atoms with E-state index >= 15 is 0 Å². The topological polar surface area (TPSA) is 46.6 Å². The van der Waals surface area contributed by atoms with Crippen molar-refractivity contribution in [3.63, 3.8) is 0 Å². The van der Waals surface area contributed by atoms with Crippen LogP contribution >= 0.6 is 0 Å². The molecule has 1 aliphatic heterocycles. The highest BCUT2D eigenvalue weighted by molar-refractivity contribution is 5.89. The Morgan fingerprint density at radius 3 is 2.80 bits per heavy atom. The summed E-state index contributed by atoms with van der Waals surface area (Å²) < 4.78 is 4.89. The fraction of sp³-hybridized carbons (Fsp3) is 0.750. The lowest BCUT2D eigenvalue weighted by atomic mass is 9.71. The van der Waals surface area contributed by atoms with Crippen molar-refractivity contribution in [2.75, 3.05) is 13.7 Å². The molecule has 4 nitrogen and oxygen atoms in total. The summed E-state index contributed by atoms with van der Waals surface area (Å²) >= 11 is 0. The van der Waals surface area contributed by atoms with E-state index in [0.29, 0.717) is 5.92 Å². The molecule has 0 N–H and O–H groups in total. The van der Waals surface area contributed by atoms with Gasteiger partial charge in [-0.2, -0.15) is 0 Å². The smallest absolute Gasteiger partial charge is 0.308 e. The molecule has 0 spiro atoms. The number of nitrogens with zero attached hydrogens (tertiary/aromatic N) is 1. The first-order valence-corrected chi connectivity index (χ1v) is 7.52. The van der Waals surface area contributed by atoms with E-state index in [0.717, 1.165) is 38.6 Å². The van der Waals surface area contributed by atoms with Crippen molar-refractivity contribution in [2.24, 2.45) is 11.8 Å². The average molecular weight is 279 g/mol. The summed E-state index contributed by atoms with van der Waals surface area (Å²) in [6.07, 6.45) is 8.38. The molecule has 112 valence electrons. The van der Waals surface area contributed by atoms with Crippen molar-refractivity contribution in [1.82, 2.24) is 4.90 Å². The number of ether oxygens (including phenoxy) is 1. The summed E-state index contributed by atoms with van der Waals surface area (Å²) in [6, 6.07) is 0. The van der Waals surface area contributed by atoms with E-state index in [9.17, 15) is 9.59 Å². The molecule has 0 radical (unpaired) electrons. The quantitative estimate of drug-likeness (QED) is 0.746. The van der Waals surface area contributed by atoms with E-state index in [1.807, 2.05) is 11.0 Å². The zero-order chi connectivity index (χ0) is 14.8. The predicted molar refractivity (Wildman–Crippen MR) is 77.0 cm³/mol. The number of hydrogen-bond donors (Lipinski definition) is 0. The third-order valence-corrected chi connectivity index (χ3v) is 4.95. The van der Waals surface area contributed by atoms with Crippen LogP contribution in [0.25, 0.3) is 0 Å². The van der Waals surface area contributed by atoms with Gasteiger partial charge in [-0.15, -0.1) is 0 Å². The van der Waals surface area contributed by atoms with Crippen molar-refractivity contribution in [3.8, 4) is 0 Å². The molecule has 0 bridgehead atoms. The van der Waals surface area contributed by atoms with Crippen LogP contribution in [0.2, 0.25) is 0 Å². The molecular weight excluding hydrogens is 254 g/mol. The van der Waals surface area contributed by atoms with Crippen LogP contribution in [0.5, 0.6) is 0 Å². The Bertz CT molecular complexity index is 414. The Hall–Kier alpha value is -1.32. The van der Waals surface area contributed by atoms with Crippen LogP contribution in [-0.2, 0) is 14.3 Å². The Balaban J connectivity index is 2.10. The molecule has 1 fully saturated rings. The summed E-state index contributed by atoms with van der Waals surface area (Å²) in [7, 11) is 1.45. The van der Waals surface area contributed by atoms with E-state index < -0.39 is 0 Å². The first-order valence-electron chi connectivity index (χ1n) is 7.52. The van der Waals surface area contributed by atoms with Crippen molar-refractivity contribution in [2.45, 2.75) is 51.5 Å². The SMILES string of the molecule is COC(=O)[C@@H]1CCC[C@H](C(C)(C)N2CCC=CC2=O)C1. The fourth-order valence-electron chi connectivity index (χ4n) is 3.59. The van der Waals surface area contributed by atoms with E-state index in [1.165, 1.54) is 7.11 Å². The number of methoxy groups -OCH3 is 1. The highest BCUT2D eigenvalue weighted by Crippen LogP contribution is 2.39. The minimum Gasteiger partial charge on any atom is -0.469 e. The van der Waals surface area contributed by atoms with E-state index in [4.69, 9.17) is 4.74 Å². The Kier molecular flexibility index (Phi) is 4.51. The second-order valence-electron chi connectivity index (χ2n) is 6.42. The first-order chi connectivity index (χ1) is 9.46. The van der Waals surface area contributed by atoms with Crippen LogP contribution in [0.4, 0.5) is 0 Å². The molecule has 0 aromatic rings. The second-order valence-corrected chi connectivity index (χ2v) is 6.42. The predicted octanol–water partition coefficient (Wildman–Crippen LogP) is 2.53. The van der Waals surface area contributed by atoms with E-state index in [-0.39, 0.29) is 23.3 Å². The van der Waals surface area contributed by atoms with Gasteiger partial charge in [0, 0.05) is 12.1 Å². The van der Waals surface area contributed by atoms with Crippen LogP contribution in [0.1, 0.15) is 46.0 Å². The van der Waals surface area contributed by atoms with Gasteiger partial charge >= 0.3 is 5.97 Å². The Morgan fingerprint density at radius 2 is 2.15 bits per heavy atom. The second kappa shape index (κ2) is 5.98. The zero-order valence-electron chi connectivity index (χ0n) is 12.7. The van der Waals surface area contributed by atoms with Crippen LogP contribution < -0.4 is 0 Å². The Labute approximate surface area is 121 Å². The minimum atomic E-state index is -0.200. The van der Waals surface area contributed by atoms with Gasteiger partial charge in [-0.1, -0.05) is 12.5 Å². The largest absolute Gasteiger partial charge is 0.469 e. The fourth-order valence-corrected chi connectivity index (χ4v) is 3.59. The maximum Gasteiger partial charge on any atom is 0.308 e. The number of esters is 1. The molecule has 1 aliphatic carbocycles. The van der Waals surface area contributed by atoms with Crippen molar-refractivity contribution < 1.29 is 14.3 Å². The minimum absolute atomic E-state index is 0.00606. The van der Waals surface area contributed by atoms with Gasteiger partial charge in [0.15, 0.2) is 0 Å². The Morgan fingerprint density at radius 1 is 1.40 bits per heavy atom. The number of carbonyl (C=O) groups is 2. The molecule has 2 aliphatic rings. The lowest BCUT2D eigenvalue weighted by Crippen LogP contribution is -2.54. The van der Waals surface area contributed by atoms with E-state index in [1.54, 1.807) is 6.08 Å². The first kappa shape index (κ1) is 15.1. The normalized spacial score (nSPS) is 27.6. The molecule has 20 heavy (non-hydrogen) atoms. The van der Waals surface area contributed by atoms with Gasteiger partial charge in [-0.05, 0) is 51.5 Å². The van der Waals surface area contributed by atoms with Crippen LogP contribution in [0, 0.1) is 11.8 Å². The third-order valence-electron chi connectivity index (χ3n) is 4.95. The molecule has 4 heteroatoms. The van der Waals surface area contributed by atoms with Gasteiger partial charge in [0.25, 0.3) is 0 Å². The molecule has 1 amide bonds. The zero-order valence-corrected chi connectivity index (χ0v) is 12.7. The van der Waals surface area contributed by atoms with Gasteiger partial charge in [0.2, 0.25) is 5.91 Å². The number of amides is 1. The molecule has 0 aromatic heterocycles. The van der Waals surface area contributed by atoms with Crippen LogP contribution in [0.3, 0.4) is 0 Å². The molecule has 1 heterocycles. The van der Waals surface area contributed by atoms with Crippen LogP contribution in [0.15, 0.2) is 12.2 Å². The number of hydrogen-bond acceptors (Lipinski definition) is 3. The molecular formula is C16H25NO3. The molecule has 0 saturated heterocycles. The third kappa shape index (κ3) is 2.89. The summed E-state index contributed by atoms with van der Waals surface area (Å²) in [5.41, 5.74) is -0.200. The molecule has 2 atom stereocenters. The highest BCUT2D eigenvalue weighted by atomic mass is 16.5. The van der Waals surface area contributed by atoms with E-state index in [2.05, 4.69) is 13.8 Å². The lowest BCUT2D eigenvalue weighted by molar-refractivity contribution is -0.148. The lowest BCUT2D eigenvalue weighted by Gasteiger charge is -2.47. The number of rotatable bonds is 3. The average Bonchev–Trinajstić information content (AvgIpc) is 2.47. The summed E-state index contributed by atoms with van der Waals surface area (Å²) in [5.74, 6) is 0.348. The summed E-state index contributed by atoms with van der Waals surface area (Å²) in [5, 5.41) is 0. The van der Waals surface area contributed by atoms with Gasteiger partial charge in [-0.3, -0.25) is 9.59 Å². The monoisotopic (exact) mass is 279 g/mol. The molecule has 2 rings (SSSR count). The molecule has 0 aromatic carbocycles. The molecule has 0 unspecified atom stereocenters. The van der Waals surface area contributed by atoms with Gasteiger partial charge in [0.1, 0.15) is 0 Å².